The van der Waals surface area contributed by atoms with Crippen LogP contribution in [0.2, 0.25) is 0 Å². The number of nitrogens with zero attached hydrogens (tertiary/aromatic N) is 2. The van der Waals surface area contributed by atoms with Crippen LogP contribution in [0.15, 0.2) is 18.2 Å². The van der Waals surface area contributed by atoms with Crippen LogP contribution in [0.4, 0.5) is 0 Å². The summed E-state index contributed by atoms with van der Waals surface area (Å²) >= 11 is 0. The number of para-hydroxylation sites is 1. The van der Waals surface area contributed by atoms with Crippen molar-refractivity contribution in [3.63, 3.8) is 0 Å². The van der Waals surface area contributed by atoms with E-state index in [0.29, 0.717) is 6.04 Å². The maximum atomic E-state index is 12.9. The van der Waals surface area contributed by atoms with Gasteiger partial charge in [0.2, 0.25) is 0 Å². The number of hydrogen-bond donors (Lipinski definition) is 0. The lowest BCUT2D eigenvalue weighted by atomic mass is 9.99. The third-order valence-electron chi connectivity index (χ3n) is 6.17. The van der Waals surface area contributed by atoms with Crippen LogP contribution in [-0.4, -0.2) is 54.5 Å². The van der Waals surface area contributed by atoms with Gasteiger partial charge in [-0.2, -0.15) is 0 Å². The van der Waals surface area contributed by atoms with Gasteiger partial charge in [0.25, 0.3) is 5.91 Å². The molecule has 1 aromatic carbocycles. The summed E-state index contributed by atoms with van der Waals surface area (Å²) in [5.74, 6) is 1.02. The topological polar surface area (TPSA) is 32.8 Å². The first-order valence-corrected chi connectivity index (χ1v) is 10.9. The molecule has 2 fully saturated rings. The maximum absolute atomic E-state index is 12.9. The van der Waals surface area contributed by atoms with Gasteiger partial charge in [-0.25, -0.2) is 0 Å². The molecule has 1 atom stereocenters. The molecule has 2 saturated heterocycles. The molecule has 0 N–H and O–H groups in total. The number of likely N-dealkylation sites (tertiary alicyclic amines) is 2. The van der Waals surface area contributed by atoms with Gasteiger partial charge in [0.15, 0.2) is 6.61 Å². The zero-order valence-corrected chi connectivity index (χ0v) is 17.2. The van der Waals surface area contributed by atoms with Crippen molar-refractivity contribution < 1.29 is 9.53 Å². The molecular formula is C23H36N2O2. The molecule has 0 unspecified atom stereocenters. The molecule has 0 bridgehead atoms. The highest BCUT2D eigenvalue weighted by Gasteiger charge is 2.27. The highest BCUT2D eigenvalue weighted by atomic mass is 16.5. The normalized spacial score (nSPS) is 21.7. The Kier molecular flexibility index (Phi) is 7.57. The van der Waals surface area contributed by atoms with Gasteiger partial charge in [0.1, 0.15) is 5.75 Å². The fourth-order valence-electron chi connectivity index (χ4n) is 4.56. The Bertz CT molecular complexity index is 588. The average Bonchev–Trinajstić information content (AvgIpc) is 2.95. The standard InChI is InChI=1S/C23H36N2O2/c1-19-10-9-11-20(2)23(19)27-18-22(26)25-16-8-5-12-21(25)13-17-24-14-6-3-4-7-15-24/h9-11,21H,3-8,12-18H2,1-2H3/t21-/m0/s1. The first-order chi connectivity index (χ1) is 13.1. The van der Waals surface area contributed by atoms with E-state index in [1.807, 2.05) is 32.0 Å². The van der Waals surface area contributed by atoms with Crippen molar-refractivity contribution in [2.75, 3.05) is 32.8 Å². The molecule has 3 rings (SSSR count). The molecule has 1 amide bonds. The molecule has 1 aromatic rings. The van der Waals surface area contributed by atoms with Crippen LogP contribution in [0, 0.1) is 13.8 Å². The van der Waals surface area contributed by atoms with Gasteiger partial charge in [-0.3, -0.25) is 4.79 Å². The number of amides is 1. The maximum Gasteiger partial charge on any atom is 0.260 e. The molecule has 2 aliphatic heterocycles. The Balaban J connectivity index is 1.53. The summed E-state index contributed by atoms with van der Waals surface area (Å²) in [6.07, 6.45) is 10.0. The van der Waals surface area contributed by atoms with E-state index >= 15 is 0 Å². The minimum absolute atomic E-state index is 0.151. The van der Waals surface area contributed by atoms with E-state index in [1.165, 1.54) is 45.2 Å². The molecule has 4 heteroatoms. The number of carbonyl (C=O) groups excluding carboxylic acids is 1. The SMILES string of the molecule is Cc1cccc(C)c1OCC(=O)N1CCCC[C@H]1CCN1CCCCCC1. The smallest absolute Gasteiger partial charge is 0.260 e. The second kappa shape index (κ2) is 10.1. The number of benzene rings is 1. The summed E-state index contributed by atoms with van der Waals surface area (Å²) in [6, 6.07) is 6.49. The quantitative estimate of drug-likeness (QED) is 0.745. The van der Waals surface area contributed by atoms with E-state index in [2.05, 4.69) is 9.80 Å². The number of aryl methyl sites for hydroxylation is 2. The average molecular weight is 373 g/mol. The Morgan fingerprint density at radius 1 is 1.00 bits per heavy atom. The van der Waals surface area contributed by atoms with E-state index in [9.17, 15) is 4.79 Å². The lowest BCUT2D eigenvalue weighted by Gasteiger charge is -2.37. The largest absolute Gasteiger partial charge is 0.483 e. The van der Waals surface area contributed by atoms with Gasteiger partial charge in [-0.1, -0.05) is 31.0 Å². The second-order valence-electron chi connectivity index (χ2n) is 8.29. The number of carbonyl (C=O) groups is 1. The lowest BCUT2D eigenvalue weighted by molar-refractivity contribution is -0.137. The predicted molar refractivity (Wildman–Crippen MR) is 110 cm³/mol. The fraction of sp³-hybridized carbons (Fsp3) is 0.696. The summed E-state index contributed by atoms with van der Waals surface area (Å²) in [6.45, 7) is 8.72. The van der Waals surface area contributed by atoms with Gasteiger partial charge < -0.3 is 14.5 Å². The molecule has 0 saturated carbocycles. The Labute approximate surface area is 164 Å². The third-order valence-corrected chi connectivity index (χ3v) is 6.17. The van der Waals surface area contributed by atoms with E-state index in [-0.39, 0.29) is 12.5 Å². The summed E-state index contributed by atoms with van der Waals surface area (Å²) in [5.41, 5.74) is 2.19. The Morgan fingerprint density at radius 2 is 1.67 bits per heavy atom. The van der Waals surface area contributed by atoms with Crippen LogP contribution in [0.5, 0.6) is 5.75 Å². The zero-order valence-electron chi connectivity index (χ0n) is 17.2. The monoisotopic (exact) mass is 372 g/mol. The van der Waals surface area contributed by atoms with Gasteiger partial charge in [-0.15, -0.1) is 0 Å². The first kappa shape index (κ1) is 20.2. The first-order valence-electron chi connectivity index (χ1n) is 10.9. The molecule has 2 heterocycles. The summed E-state index contributed by atoms with van der Waals surface area (Å²) in [7, 11) is 0. The second-order valence-corrected chi connectivity index (χ2v) is 8.29. The van der Waals surface area contributed by atoms with Crippen LogP contribution in [0.1, 0.15) is 62.5 Å². The minimum Gasteiger partial charge on any atom is -0.483 e. The fourth-order valence-corrected chi connectivity index (χ4v) is 4.56. The van der Waals surface area contributed by atoms with Crippen molar-refractivity contribution in [2.24, 2.45) is 0 Å². The number of piperidine rings is 1. The molecule has 0 radical (unpaired) electrons. The van der Waals surface area contributed by atoms with Crippen molar-refractivity contribution >= 4 is 5.91 Å². The summed E-state index contributed by atoms with van der Waals surface area (Å²) < 4.78 is 5.94. The zero-order chi connectivity index (χ0) is 19.1. The van der Waals surface area contributed by atoms with Gasteiger partial charge in [-0.05, 0) is 76.6 Å². The summed E-state index contributed by atoms with van der Waals surface area (Å²) in [5, 5.41) is 0. The number of rotatable bonds is 6. The minimum atomic E-state index is 0.151. The third kappa shape index (κ3) is 5.71. The molecule has 2 aliphatic rings. The van der Waals surface area contributed by atoms with E-state index in [1.54, 1.807) is 0 Å². The molecule has 0 aromatic heterocycles. The predicted octanol–water partition coefficient (Wildman–Crippen LogP) is 4.33. The molecular weight excluding hydrogens is 336 g/mol. The van der Waals surface area contributed by atoms with Gasteiger partial charge >= 0.3 is 0 Å². The molecule has 150 valence electrons. The van der Waals surface area contributed by atoms with Crippen LogP contribution in [0.3, 0.4) is 0 Å². The molecule has 4 nitrogen and oxygen atoms in total. The van der Waals surface area contributed by atoms with Gasteiger partial charge in [0.05, 0.1) is 0 Å². The molecule has 27 heavy (non-hydrogen) atoms. The van der Waals surface area contributed by atoms with Crippen LogP contribution >= 0.6 is 0 Å². The lowest BCUT2D eigenvalue weighted by Crippen LogP contribution is -2.47. The van der Waals surface area contributed by atoms with Crippen molar-refractivity contribution in [3.05, 3.63) is 29.3 Å². The molecule has 0 spiro atoms. The Hall–Kier alpha value is -1.55. The van der Waals surface area contributed by atoms with Crippen molar-refractivity contribution in [3.8, 4) is 5.75 Å². The van der Waals surface area contributed by atoms with Crippen molar-refractivity contribution in [1.82, 2.24) is 9.80 Å². The van der Waals surface area contributed by atoms with Crippen LogP contribution in [-0.2, 0) is 4.79 Å². The highest BCUT2D eigenvalue weighted by Crippen LogP contribution is 2.24. The van der Waals surface area contributed by atoms with Crippen LogP contribution < -0.4 is 4.74 Å². The Morgan fingerprint density at radius 3 is 2.37 bits per heavy atom. The van der Waals surface area contributed by atoms with E-state index in [4.69, 9.17) is 4.74 Å². The van der Waals surface area contributed by atoms with Crippen molar-refractivity contribution in [2.45, 2.75) is 71.3 Å². The van der Waals surface area contributed by atoms with E-state index < -0.39 is 0 Å². The molecule has 0 aliphatic carbocycles. The van der Waals surface area contributed by atoms with Gasteiger partial charge in [0, 0.05) is 19.1 Å². The summed E-state index contributed by atoms with van der Waals surface area (Å²) in [4.78, 5) is 17.6. The number of ether oxygens (including phenoxy) is 1. The number of hydrogen-bond acceptors (Lipinski definition) is 3. The van der Waals surface area contributed by atoms with Crippen molar-refractivity contribution in [1.29, 1.82) is 0 Å². The highest BCUT2D eigenvalue weighted by molar-refractivity contribution is 5.78. The van der Waals surface area contributed by atoms with E-state index in [0.717, 1.165) is 49.2 Å². The van der Waals surface area contributed by atoms with Crippen LogP contribution in [0.25, 0.3) is 0 Å².